The summed E-state index contributed by atoms with van der Waals surface area (Å²) in [5.41, 5.74) is 17.3. The number of anilines is 6. The van der Waals surface area contributed by atoms with Gasteiger partial charge in [-0.1, -0.05) is 72.8 Å². The van der Waals surface area contributed by atoms with Gasteiger partial charge in [-0.3, -0.25) is 0 Å². The van der Waals surface area contributed by atoms with Crippen LogP contribution in [0.5, 0.6) is 0 Å². The van der Waals surface area contributed by atoms with Crippen molar-refractivity contribution in [1.29, 1.82) is 0 Å². The lowest BCUT2D eigenvalue weighted by atomic mass is 9.94. The van der Waals surface area contributed by atoms with Crippen LogP contribution in [0.25, 0.3) is 21.5 Å². The Hall–Kier alpha value is -5.34. The first kappa shape index (κ1) is 31.3. The first-order chi connectivity index (χ1) is 23.1. The molecule has 0 atom stereocenters. The molecule has 0 saturated carbocycles. The van der Waals surface area contributed by atoms with Gasteiger partial charge in [0.15, 0.2) is 0 Å². The average Bonchev–Trinajstić information content (AvgIpc) is 3.08. The van der Waals surface area contributed by atoms with Crippen LogP contribution in [-0.2, 0) is 0 Å². The molecule has 7 aromatic carbocycles. The van der Waals surface area contributed by atoms with Gasteiger partial charge in [0, 0.05) is 44.3 Å². The van der Waals surface area contributed by atoms with E-state index < -0.39 is 0 Å². The summed E-state index contributed by atoms with van der Waals surface area (Å²) in [7, 11) is 0. The number of fused-ring (bicyclic) bond motifs is 2. The van der Waals surface area contributed by atoms with Gasteiger partial charge in [0.2, 0.25) is 0 Å². The molecule has 7 rings (SSSR count). The van der Waals surface area contributed by atoms with Gasteiger partial charge in [-0.15, -0.1) is 0 Å². The van der Waals surface area contributed by atoms with Crippen LogP contribution in [0, 0.1) is 55.4 Å². The summed E-state index contributed by atoms with van der Waals surface area (Å²) in [6.07, 6.45) is 0. The van der Waals surface area contributed by atoms with Crippen LogP contribution in [0.3, 0.4) is 0 Å². The molecule has 0 fully saturated rings. The Morgan fingerprint density at radius 2 is 0.500 bits per heavy atom. The van der Waals surface area contributed by atoms with E-state index >= 15 is 0 Å². The fourth-order valence-corrected chi connectivity index (χ4v) is 6.84. The van der Waals surface area contributed by atoms with E-state index in [1.807, 2.05) is 0 Å². The fourth-order valence-electron chi connectivity index (χ4n) is 6.84. The fraction of sp³-hybridized carbons (Fsp3) is 0.174. The van der Waals surface area contributed by atoms with Crippen molar-refractivity contribution in [3.63, 3.8) is 0 Å². The Balaban J connectivity index is 1.62. The van der Waals surface area contributed by atoms with E-state index in [1.165, 1.54) is 77.4 Å². The molecule has 238 valence electrons. The molecule has 7 aromatic rings. The van der Waals surface area contributed by atoms with Crippen molar-refractivity contribution in [2.45, 2.75) is 55.4 Å². The lowest BCUT2D eigenvalue weighted by Gasteiger charge is -2.33. The summed E-state index contributed by atoms with van der Waals surface area (Å²) in [5.74, 6) is 0. The third kappa shape index (κ3) is 5.42. The Morgan fingerprint density at radius 3 is 0.708 bits per heavy atom. The highest BCUT2D eigenvalue weighted by Crippen LogP contribution is 2.51. The van der Waals surface area contributed by atoms with Gasteiger partial charge in [0.25, 0.3) is 0 Å². The van der Waals surface area contributed by atoms with Crippen molar-refractivity contribution in [3.8, 4) is 0 Å². The smallest absolute Gasteiger partial charge is 0.0619 e. The van der Waals surface area contributed by atoms with Crippen LogP contribution in [0.4, 0.5) is 34.1 Å². The van der Waals surface area contributed by atoms with E-state index in [0.29, 0.717) is 0 Å². The number of benzene rings is 7. The molecule has 0 bridgehead atoms. The Labute approximate surface area is 285 Å². The van der Waals surface area contributed by atoms with Crippen LogP contribution < -0.4 is 9.80 Å². The quantitative estimate of drug-likeness (QED) is 0.134. The normalized spacial score (nSPS) is 11.3. The highest BCUT2D eigenvalue weighted by Gasteiger charge is 2.26. The first-order valence-electron chi connectivity index (χ1n) is 16.9. The molecule has 0 unspecified atom stereocenters. The van der Waals surface area contributed by atoms with Crippen molar-refractivity contribution < 1.29 is 0 Å². The lowest BCUT2D eigenvalue weighted by Crippen LogP contribution is -2.15. The average molecular weight is 625 g/mol. The lowest BCUT2D eigenvalue weighted by molar-refractivity contribution is 1.24. The third-order valence-electron chi connectivity index (χ3n) is 10.3. The zero-order valence-corrected chi connectivity index (χ0v) is 29.4. The predicted molar refractivity (Wildman–Crippen MR) is 209 cm³/mol. The van der Waals surface area contributed by atoms with Crippen molar-refractivity contribution in [3.05, 3.63) is 166 Å². The zero-order valence-electron chi connectivity index (χ0n) is 29.4. The summed E-state index contributed by atoms with van der Waals surface area (Å²) in [6.45, 7) is 17.6. The third-order valence-corrected chi connectivity index (χ3v) is 10.3. The minimum Gasteiger partial charge on any atom is -0.309 e. The van der Waals surface area contributed by atoms with Crippen molar-refractivity contribution in [2.75, 3.05) is 9.80 Å². The van der Waals surface area contributed by atoms with E-state index in [0.717, 1.165) is 22.7 Å². The number of hydrogen-bond acceptors (Lipinski definition) is 2. The largest absolute Gasteiger partial charge is 0.309 e. The topological polar surface area (TPSA) is 6.48 Å². The van der Waals surface area contributed by atoms with E-state index in [2.05, 4.69) is 187 Å². The van der Waals surface area contributed by atoms with Gasteiger partial charge in [-0.05, 0) is 148 Å². The summed E-state index contributed by atoms with van der Waals surface area (Å²) in [6, 6.07) is 45.3. The molecule has 48 heavy (non-hydrogen) atoms. The van der Waals surface area contributed by atoms with Crippen LogP contribution in [0.2, 0.25) is 0 Å². The number of hydrogen-bond donors (Lipinski definition) is 0. The maximum atomic E-state index is 2.48. The van der Waals surface area contributed by atoms with Gasteiger partial charge in [0.05, 0.1) is 11.4 Å². The molecule has 2 nitrogen and oxygen atoms in total. The van der Waals surface area contributed by atoms with Crippen LogP contribution in [-0.4, -0.2) is 0 Å². The Bertz CT molecular complexity index is 2020. The van der Waals surface area contributed by atoms with E-state index in [9.17, 15) is 0 Å². The van der Waals surface area contributed by atoms with E-state index in [4.69, 9.17) is 0 Å². The molecule has 0 spiro atoms. The van der Waals surface area contributed by atoms with E-state index in [1.54, 1.807) is 0 Å². The second kappa shape index (κ2) is 12.4. The van der Waals surface area contributed by atoms with Gasteiger partial charge in [-0.25, -0.2) is 0 Å². The van der Waals surface area contributed by atoms with Crippen molar-refractivity contribution in [1.82, 2.24) is 0 Å². The summed E-state index contributed by atoms with van der Waals surface area (Å²) in [4.78, 5) is 4.95. The molecule has 0 aliphatic carbocycles. The molecule has 0 radical (unpaired) electrons. The molecule has 0 amide bonds. The van der Waals surface area contributed by atoms with Crippen molar-refractivity contribution >= 4 is 55.7 Å². The highest BCUT2D eigenvalue weighted by atomic mass is 15.2. The number of nitrogens with zero attached hydrogens (tertiary/aromatic N) is 2. The summed E-state index contributed by atoms with van der Waals surface area (Å²) < 4.78 is 0. The van der Waals surface area contributed by atoms with Crippen molar-refractivity contribution in [2.24, 2.45) is 0 Å². The zero-order chi connectivity index (χ0) is 33.7. The van der Waals surface area contributed by atoms with Crippen LogP contribution in [0.1, 0.15) is 44.5 Å². The maximum Gasteiger partial charge on any atom is 0.0619 e. The Kier molecular flexibility index (Phi) is 8.05. The highest BCUT2D eigenvalue weighted by molar-refractivity contribution is 6.23. The maximum absolute atomic E-state index is 2.48. The minimum absolute atomic E-state index is 1.16. The first-order valence-corrected chi connectivity index (χ1v) is 16.9. The van der Waals surface area contributed by atoms with Gasteiger partial charge in [0.1, 0.15) is 0 Å². The molecule has 0 aliphatic rings. The number of rotatable bonds is 6. The van der Waals surface area contributed by atoms with Gasteiger partial charge in [-0.2, -0.15) is 0 Å². The molecule has 0 N–H and O–H groups in total. The molecule has 2 heteroatoms. The van der Waals surface area contributed by atoms with Gasteiger partial charge < -0.3 is 9.80 Å². The standard InChI is InChI=1S/C46H44N2/c1-29-17-21-37(25-33(29)5)47(38-22-18-30(2)34(6)26-38)45-41-13-9-11-15-43(41)46(44-16-12-10-14-42(44)45)48(39-23-19-31(3)35(7)27-39)40-24-20-32(4)36(8)28-40/h9-28H,1-8H3. The predicted octanol–water partition coefficient (Wildman–Crippen LogP) is 13.4. The van der Waals surface area contributed by atoms with E-state index in [-0.39, 0.29) is 0 Å². The Morgan fingerprint density at radius 1 is 0.271 bits per heavy atom. The van der Waals surface area contributed by atoms with Gasteiger partial charge >= 0.3 is 0 Å². The second-order valence-corrected chi connectivity index (χ2v) is 13.5. The SMILES string of the molecule is Cc1ccc(N(c2ccc(C)c(C)c2)c2c3ccccc3c(N(c3ccc(C)c(C)c3)c3ccc(C)c(C)c3)c3ccccc23)cc1C. The molecule has 0 heterocycles. The molecule has 0 saturated heterocycles. The molecular weight excluding hydrogens is 581 g/mol. The monoisotopic (exact) mass is 624 g/mol. The minimum atomic E-state index is 1.16. The molecule has 0 aromatic heterocycles. The van der Waals surface area contributed by atoms with Crippen LogP contribution >= 0.6 is 0 Å². The summed E-state index contributed by atoms with van der Waals surface area (Å²) in [5, 5.41) is 4.83. The molecule has 0 aliphatic heterocycles. The second-order valence-electron chi connectivity index (χ2n) is 13.5. The summed E-state index contributed by atoms with van der Waals surface area (Å²) >= 11 is 0. The molecular formula is C46H44N2. The number of aryl methyl sites for hydroxylation is 8. The van der Waals surface area contributed by atoms with Crippen LogP contribution in [0.15, 0.2) is 121 Å².